The number of hydrogen-bond donors (Lipinski definition) is 0. The van der Waals surface area contributed by atoms with Gasteiger partial charge in [-0.05, 0) is 85.3 Å². The maximum Gasteiger partial charge on any atom is 0.0363 e. The Hall–Kier alpha value is -0.980. The van der Waals surface area contributed by atoms with Crippen LogP contribution in [0, 0.1) is 23.2 Å². The molecule has 0 amide bonds. The number of hydrogen-bond acceptors (Lipinski definition) is 1. The van der Waals surface area contributed by atoms with E-state index in [0.29, 0.717) is 11.3 Å². The minimum absolute atomic E-state index is 0.627. The molecule has 0 heterocycles. The lowest BCUT2D eigenvalue weighted by molar-refractivity contribution is -0.0472. The van der Waals surface area contributed by atoms with Crippen LogP contribution in [-0.4, -0.2) is 13.6 Å². The lowest BCUT2D eigenvalue weighted by Gasteiger charge is -2.57. The van der Waals surface area contributed by atoms with Crippen molar-refractivity contribution in [2.75, 3.05) is 18.5 Å². The molecule has 1 aromatic carbocycles. The molecule has 4 fully saturated rings. The van der Waals surface area contributed by atoms with Gasteiger partial charge in [-0.1, -0.05) is 26.0 Å². The molecule has 0 aliphatic heterocycles. The molecule has 0 atom stereocenters. The van der Waals surface area contributed by atoms with Gasteiger partial charge in [0.1, 0.15) is 0 Å². The highest BCUT2D eigenvalue weighted by Crippen LogP contribution is 2.60. The standard InChI is InChI=1S/C21H31N/c1-15(2)19-4-6-20(7-5-19)22(3)14-21-11-16-8-17(12-21)10-18(9-16)13-21/h4-7,15-18H,8-14H2,1-3H3. The fourth-order valence-corrected chi connectivity index (χ4v) is 6.19. The first kappa shape index (κ1) is 14.6. The van der Waals surface area contributed by atoms with Crippen molar-refractivity contribution in [3.63, 3.8) is 0 Å². The Morgan fingerprint density at radius 3 is 1.91 bits per heavy atom. The highest BCUT2D eigenvalue weighted by Gasteiger charge is 2.51. The third kappa shape index (κ3) is 2.57. The maximum atomic E-state index is 2.54. The van der Waals surface area contributed by atoms with Gasteiger partial charge in [-0.15, -0.1) is 0 Å². The van der Waals surface area contributed by atoms with Gasteiger partial charge in [-0.3, -0.25) is 0 Å². The molecular weight excluding hydrogens is 266 g/mol. The second-order valence-electron chi connectivity index (χ2n) is 9.02. The molecular formula is C21H31N. The molecule has 1 aromatic rings. The van der Waals surface area contributed by atoms with Crippen molar-refractivity contribution in [2.24, 2.45) is 23.2 Å². The van der Waals surface area contributed by atoms with Gasteiger partial charge in [0.2, 0.25) is 0 Å². The Balaban J connectivity index is 1.48. The monoisotopic (exact) mass is 297 g/mol. The quantitative estimate of drug-likeness (QED) is 0.713. The topological polar surface area (TPSA) is 3.24 Å². The average molecular weight is 297 g/mol. The first-order valence-electron chi connectivity index (χ1n) is 9.34. The Bertz CT molecular complexity index is 492. The molecule has 120 valence electrons. The summed E-state index contributed by atoms with van der Waals surface area (Å²) in [5.41, 5.74) is 3.49. The zero-order chi connectivity index (χ0) is 15.3. The van der Waals surface area contributed by atoms with Crippen molar-refractivity contribution in [1.82, 2.24) is 0 Å². The highest BCUT2D eigenvalue weighted by atomic mass is 15.1. The summed E-state index contributed by atoms with van der Waals surface area (Å²) in [5.74, 6) is 3.80. The third-order valence-corrected chi connectivity index (χ3v) is 6.74. The van der Waals surface area contributed by atoms with Crippen LogP contribution in [0.15, 0.2) is 24.3 Å². The summed E-state index contributed by atoms with van der Waals surface area (Å²) in [4.78, 5) is 2.54. The van der Waals surface area contributed by atoms with E-state index in [1.165, 1.54) is 37.1 Å². The first-order chi connectivity index (χ1) is 10.5. The molecule has 4 saturated carbocycles. The predicted molar refractivity (Wildman–Crippen MR) is 94.4 cm³/mol. The summed E-state index contributed by atoms with van der Waals surface area (Å²) in [6, 6.07) is 9.29. The molecule has 5 rings (SSSR count). The molecule has 0 spiro atoms. The van der Waals surface area contributed by atoms with Gasteiger partial charge in [-0.2, -0.15) is 0 Å². The minimum Gasteiger partial charge on any atom is -0.374 e. The number of benzene rings is 1. The molecule has 0 N–H and O–H groups in total. The van der Waals surface area contributed by atoms with Crippen molar-refractivity contribution < 1.29 is 0 Å². The molecule has 22 heavy (non-hydrogen) atoms. The van der Waals surface area contributed by atoms with Crippen LogP contribution in [0.4, 0.5) is 5.69 Å². The molecule has 0 unspecified atom stereocenters. The van der Waals surface area contributed by atoms with Gasteiger partial charge < -0.3 is 4.90 Å². The molecule has 1 nitrogen and oxygen atoms in total. The van der Waals surface area contributed by atoms with Gasteiger partial charge in [0, 0.05) is 19.3 Å². The van der Waals surface area contributed by atoms with Crippen LogP contribution in [0.5, 0.6) is 0 Å². The van der Waals surface area contributed by atoms with Crippen molar-refractivity contribution in [3.8, 4) is 0 Å². The van der Waals surface area contributed by atoms with E-state index in [0.717, 1.165) is 17.8 Å². The van der Waals surface area contributed by atoms with Crippen LogP contribution in [0.1, 0.15) is 63.9 Å². The van der Waals surface area contributed by atoms with Crippen LogP contribution in [0.25, 0.3) is 0 Å². The fraction of sp³-hybridized carbons (Fsp3) is 0.714. The Morgan fingerprint density at radius 2 is 1.45 bits per heavy atom. The van der Waals surface area contributed by atoms with E-state index in [1.54, 1.807) is 19.3 Å². The summed E-state index contributed by atoms with van der Waals surface area (Å²) in [7, 11) is 2.31. The summed E-state index contributed by atoms with van der Waals surface area (Å²) in [5, 5.41) is 0. The Labute approximate surface area is 136 Å². The zero-order valence-corrected chi connectivity index (χ0v) is 14.5. The maximum absolute atomic E-state index is 2.54. The Morgan fingerprint density at radius 1 is 0.955 bits per heavy atom. The minimum atomic E-state index is 0.627. The molecule has 0 saturated heterocycles. The second kappa shape index (κ2) is 5.28. The molecule has 4 bridgehead atoms. The Kier molecular flexibility index (Phi) is 3.51. The zero-order valence-electron chi connectivity index (χ0n) is 14.5. The van der Waals surface area contributed by atoms with Gasteiger partial charge in [0.15, 0.2) is 0 Å². The smallest absolute Gasteiger partial charge is 0.0363 e. The second-order valence-corrected chi connectivity index (χ2v) is 9.02. The third-order valence-electron chi connectivity index (χ3n) is 6.74. The van der Waals surface area contributed by atoms with Crippen LogP contribution in [0.3, 0.4) is 0 Å². The van der Waals surface area contributed by atoms with Gasteiger partial charge in [-0.25, -0.2) is 0 Å². The normalized spacial score (nSPS) is 36.1. The van der Waals surface area contributed by atoms with E-state index in [2.05, 4.69) is 50.1 Å². The lowest BCUT2D eigenvalue weighted by atomic mass is 9.49. The SMILES string of the molecule is CC(C)c1ccc(N(C)CC23CC4CC(CC(C4)C2)C3)cc1. The van der Waals surface area contributed by atoms with Crippen LogP contribution < -0.4 is 4.90 Å². The largest absolute Gasteiger partial charge is 0.374 e. The van der Waals surface area contributed by atoms with Crippen molar-refractivity contribution in [3.05, 3.63) is 29.8 Å². The average Bonchev–Trinajstić information content (AvgIpc) is 2.45. The van der Waals surface area contributed by atoms with Gasteiger partial charge >= 0.3 is 0 Å². The predicted octanol–water partition coefficient (Wildman–Crippen LogP) is 5.46. The van der Waals surface area contributed by atoms with Gasteiger partial charge in [0.05, 0.1) is 0 Å². The summed E-state index contributed by atoms with van der Waals surface area (Å²) in [6.07, 6.45) is 9.17. The van der Waals surface area contributed by atoms with E-state index < -0.39 is 0 Å². The van der Waals surface area contributed by atoms with Crippen molar-refractivity contribution in [2.45, 2.75) is 58.3 Å². The van der Waals surface area contributed by atoms with E-state index in [9.17, 15) is 0 Å². The molecule has 0 aromatic heterocycles. The number of nitrogens with zero attached hydrogens (tertiary/aromatic N) is 1. The van der Waals surface area contributed by atoms with Gasteiger partial charge in [0.25, 0.3) is 0 Å². The molecule has 4 aliphatic rings. The molecule has 1 heteroatoms. The summed E-state index contributed by atoms with van der Waals surface area (Å²) >= 11 is 0. The van der Waals surface area contributed by atoms with E-state index in [1.807, 2.05) is 0 Å². The molecule has 0 radical (unpaired) electrons. The van der Waals surface area contributed by atoms with Crippen LogP contribution >= 0.6 is 0 Å². The fourth-order valence-electron chi connectivity index (χ4n) is 6.19. The van der Waals surface area contributed by atoms with Crippen molar-refractivity contribution in [1.29, 1.82) is 0 Å². The summed E-state index contributed by atoms with van der Waals surface area (Å²) in [6.45, 7) is 5.82. The molecule has 4 aliphatic carbocycles. The first-order valence-corrected chi connectivity index (χ1v) is 9.34. The highest BCUT2D eigenvalue weighted by molar-refractivity contribution is 5.47. The lowest BCUT2D eigenvalue weighted by Crippen LogP contribution is -2.50. The van der Waals surface area contributed by atoms with E-state index >= 15 is 0 Å². The van der Waals surface area contributed by atoms with Crippen LogP contribution in [-0.2, 0) is 0 Å². The number of rotatable bonds is 4. The van der Waals surface area contributed by atoms with Crippen LogP contribution in [0.2, 0.25) is 0 Å². The van der Waals surface area contributed by atoms with E-state index in [-0.39, 0.29) is 0 Å². The van der Waals surface area contributed by atoms with Crippen molar-refractivity contribution >= 4 is 5.69 Å². The number of anilines is 1. The summed E-state index contributed by atoms with van der Waals surface area (Å²) < 4.78 is 0. The van der Waals surface area contributed by atoms with E-state index in [4.69, 9.17) is 0 Å².